The van der Waals surface area contributed by atoms with Crippen LogP contribution in [0.2, 0.25) is 0 Å². The van der Waals surface area contributed by atoms with Gasteiger partial charge in [0.25, 0.3) is 0 Å². The normalized spacial score (nSPS) is 11.6. The number of nitrogens with zero attached hydrogens (tertiary/aromatic N) is 3. The van der Waals surface area contributed by atoms with Crippen LogP contribution in [0.25, 0.3) is 0 Å². The molecule has 5 nitrogen and oxygen atoms in total. The van der Waals surface area contributed by atoms with Gasteiger partial charge in [-0.3, -0.25) is 4.79 Å². The van der Waals surface area contributed by atoms with Crippen molar-refractivity contribution in [1.29, 1.82) is 10.5 Å². The summed E-state index contributed by atoms with van der Waals surface area (Å²) in [5, 5.41) is 17.1. The predicted molar refractivity (Wildman–Crippen MR) is 59.8 cm³/mol. The topological polar surface area (TPSA) is 93.9 Å². The van der Waals surface area contributed by atoms with E-state index in [1.165, 1.54) is 4.90 Å². The van der Waals surface area contributed by atoms with E-state index in [0.29, 0.717) is 12.3 Å². The van der Waals surface area contributed by atoms with Crippen molar-refractivity contribution in [3.05, 3.63) is 0 Å². The molecule has 1 amide bonds. The zero-order chi connectivity index (χ0) is 12.6. The minimum Gasteiger partial charge on any atom is -0.330 e. The van der Waals surface area contributed by atoms with E-state index in [2.05, 4.69) is 0 Å². The fourth-order valence-electron chi connectivity index (χ4n) is 1.51. The van der Waals surface area contributed by atoms with E-state index in [1.54, 1.807) is 0 Å². The predicted octanol–water partition coefficient (Wildman–Crippen LogP) is 0.483. The van der Waals surface area contributed by atoms with Gasteiger partial charge in [-0.25, -0.2) is 0 Å². The Balaban J connectivity index is 4.56. The van der Waals surface area contributed by atoms with Gasteiger partial charge < -0.3 is 10.6 Å². The molecule has 0 spiro atoms. The van der Waals surface area contributed by atoms with E-state index in [9.17, 15) is 4.79 Å². The molecule has 0 bridgehead atoms. The van der Waals surface area contributed by atoms with Gasteiger partial charge in [0.2, 0.25) is 5.91 Å². The van der Waals surface area contributed by atoms with Crippen LogP contribution in [0.3, 0.4) is 0 Å². The molecule has 0 aromatic heterocycles. The third-order valence-corrected chi connectivity index (χ3v) is 2.22. The molecule has 0 saturated carbocycles. The summed E-state index contributed by atoms with van der Waals surface area (Å²) in [5.41, 5.74) is 5.54. The number of nitrogens with two attached hydrogens (primary N) is 1. The number of hydrogen-bond donors (Lipinski definition) is 1. The lowest BCUT2D eigenvalue weighted by molar-refractivity contribution is -0.134. The third-order valence-electron chi connectivity index (χ3n) is 2.22. The second kappa shape index (κ2) is 7.67. The highest BCUT2D eigenvalue weighted by Crippen LogP contribution is 2.13. The zero-order valence-electron chi connectivity index (χ0n) is 9.81. The second-order valence-corrected chi connectivity index (χ2v) is 4.07. The molecule has 0 aliphatic heterocycles. The Hall–Kier alpha value is -1.59. The molecular weight excluding hydrogens is 204 g/mol. The van der Waals surface area contributed by atoms with Crippen molar-refractivity contribution in [3.63, 3.8) is 0 Å². The molecule has 0 aliphatic rings. The Morgan fingerprint density at radius 3 is 2.12 bits per heavy atom. The molecule has 0 aromatic rings. The Kier molecular flexibility index (Phi) is 6.91. The van der Waals surface area contributed by atoms with Crippen molar-refractivity contribution in [1.82, 2.24) is 4.90 Å². The zero-order valence-corrected chi connectivity index (χ0v) is 9.81. The molecule has 0 radical (unpaired) electrons. The Labute approximate surface area is 96.4 Å². The van der Waals surface area contributed by atoms with Gasteiger partial charge >= 0.3 is 0 Å². The smallest absolute Gasteiger partial charge is 0.228 e. The van der Waals surface area contributed by atoms with E-state index in [-0.39, 0.29) is 31.5 Å². The Morgan fingerprint density at radius 1 is 1.31 bits per heavy atom. The van der Waals surface area contributed by atoms with Crippen molar-refractivity contribution in [2.75, 3.05) is 19.6 Å². The summed E-state index contributed by atoms with van der Waals surface area (Å²) < 4.78 is 0. The van der Waals surface area contributed by atoms with Gasteiger partial charge in [-0.05, 0) is 12.3 Å². The van der Waals surface area contributed by atoms with Gasteiger partial charge in [-0.1, -0.05) is 13.8 Å². The fraction of sp³-hybridized carbons (Fsp3) is 0.727. The first-order chi connectivity index (χ1) is 7.56. The molecule has 5 heteroatoms. The molecule has 0 aromatic carbocycles. The average Bonchev–Trinajstić information content (AvgIpc) is 2.24. The summed E-state index contributed by atoms with van der Waals surface area (Å²) in [6.07, 6.45) is 0.683. The molecule has 0 heterocycles. The summed E-state index contributed by atoms with van der Waals surface area (Å²) in [5.74, 6) is -0.121. The van der Waals surface area contributed by atoms with Crippen LogP contribution >= 0.6 is 0 Å². The summed E-state index contributed by atoms with van der Waals surface area (Å²) in [4.78, 5) is 13.2. The SMILES string of the molecule is CC(C)CC(CN)C(=O)N(CC#N)CC#N. The van der Waals surface area contributed by atoms with Gasteiger partial charge in [0.1, 0.15) is 13.1 Å². The number of rotatable bonds is 6. The van der Waals surface area contributed by atoms with Crippen LogP contribution in [0.1, 0.15) is 20.3 Å². The van der Waals surface area contributed by atoms with Crippen LogP contribution in [0, 0.1) is 34.5 Å². The fourth-order valence-corrected chi connectivity index (χ4v) is 1.51. The van der Waals surface area contributed by atoms with E-state index >= 15 is 0 Å². The average molecular weight is 222 g/mol. The molecular formula is C11H18N4O. The monoisotopic (exact) mass is 222 g/mol. The Morgan fingerprint density at radius 2 is 1.81 bits per heavy atom. The molecule has 0 fully saturated rings. The van der Waals surface area contributed by atoms with Crippen LogP contribution in [-0.2, 0) is 4.79 Å². The maximum atomic E-state index is 11.9. The maximum Gasteiger partial charge on any atom is 0.228 e. The number of amides is 1. The van der Waals surface area contributed by atoms with Crippen molar-refractivity contribution < 1.29 is 4.79 Å². The van der Waals surface area contributed by atoms with E-state index in [0.717, 1.165) is 0 Å². The number of carbonyl (C=O) groups excluding carboxylic acids is 1. The summed E-state index contributed by atoms with van der Waals surface area (Å²) in [7, 11) is 0. The summed E-state index contributed by atoms with van der Waals surface area (Å²) in [6, 6.07) is 3.76. The van der Waals surface area contributed by atoms with Crippen LogP contribution in [0.5, 0.6) is 0 Å². The third kappa shape index (κ3) is 4.77. The highest BCUT2D eigenvalue weighted by atomic mass is 16.2. The maximum absolute atomic E-state index is 11.9. The van der Waals surface area contributed by atoms with Crippen molar-refractivity contribution >= 4 is 5.91 Å². The van der Waals surface area contributed by atoms with Crippen LogP contribution < -0.4 is 5.73 Å². The van der Waals surface area contributed by atoms with Gasteiger partial charge in [-0.15, -0.1) is 0 Å². The molecule has 16 heavy (non-hydrogen) atoms. The minimum absolute atomic E-state index is 0.0546. The van der Waals surface area contributed by atoms with Crippen LogP contribution in [-0.4, -0.2) is 30.4 Å². The van der Waals surface area contributed by atoms with E-state index in [1.807, 2.05) is 26.0 Å². The lowest BCUT2D eigenvalue weighted by Gasteiger charge is -2.23. The molecule has 0 aliphatic carbocycles. The quantitative estimate of drug-likeness (QED) is 0.661. The lowest BCUT2D eigenvalue weighted by atomic mass is 9.96. The van der Waals surface area contributed by atoms with Crippen molar-refractivity contribution in [2.24, 2.45) is 17.6 Å². The van der Waals surface area contributed by atoms with Crippen molar-refractivity contribution in [2.45, 2.75) is 20.3 Å². The highest BCUT2D eigenvalue weighted by molar-refractivity contribution is 5.79. The first kappa shape index (κ1) is 14.4. The van der Waals surface area contributed by atoms with Crippen LogP contribution in [0.4, 0.5) is 0 Å². The number of nitriles is 2. The molecule has 1 unspecified atom stereocenters. The molecule has 0 saturated heterocycles. The van der Waals surface area contributed by atoms with Crippen molar-refractivity contribution in [3.8, 4) is 12.1 Å². The lowest BCUT2D eigenvalue weighted by Crippen LogP contribution is -2.40. The molecule has 1 atom stereocenters. The van der Waals surface area contributed by atoms with E-state index < -0.39 is 0 Å². The van der Waals surface area contributed by atoms with Gasteiger partial charge in [0.15, 0.2) is 0 Å². The first-order valence-corrected chi connectivity index (χ1v) is 5.29. The summed E-state index contributed by atoms with van der Waals surface area (Å²) in [6.45, 7) is 4.16. The highest BCUT2D eigenvalue weighted by Gasteiger charge is 2.23. The number of carbonyl (C=O) groups is 1. The largest absolute Gasteiger partial charge is 0.330 e. The second-order valence-electron chi connectivity index (χ2n) is 4.07. The van der Waals surface area contributed by atoms with Gasteiger partial charge in [0, 0.05) is 6.54 Å². The minimum atomic E-state index is -0.290. The molecule has 2 N–H and O–H groups in total. The van der Waals surface area contributed by atoms with Crippen LogP contribution in [0.15, 0.2) is 0 Å². The Bertz CT molecular complexity index is 284. The standard InChI is InChI=1S/C11H18N4O/c1-9(2)7-10(8-14)11(16)15(5-3-12)6-4-13/h9-10H,5-8,14H2,1-2H3. The first-order valence-electron chi connectivity index (χ1n) is 5.29. The number of hydrogen-bond acceptors (Lipinski definition) is 4. The van der Waals surface area contributed by atoms with E-state index in [4.69, 9.17) is 16.3 Å². The van der Waals surface area contributed by atoms with Gasteiger partial charge in [-0.2, -0.15) is 10.5 Å². The molecule has 88 valence electrons. The molecule has 0 rings (SSSR count). The summed E-state index contributed by atoms with van der Waals surface area (Å²) >= 11 is 0. The van der Waals surface area contributed by atoms with Gasteiger partial charge in [0.05, 0.1) is 18.1 Å².